The van der Waals surface area contributed by atoms with Crippen molar-refractivity contribution in [1.82, 2.24) is 4.98 Å². The fourth-order valence-electron chi connectivity index (χ4n) is 1.83. The van der Waals surface area contributed by atoms with Gasteiger partial charge in [0.1, 0.15) is 5.01 Å². The van der Waals surface area contributed by atoms with E-state index in [0.717, 1.165) is 28.8 Å². The average molecular weight is 460 g/mol. The van der Waals surface area contributed by atoms with Gasteiger partial charge in [-0.3, -0.25) is 0 Å². The van der Waals surface area contributed by atoms with Gasteiger partial charge in [0.05, 0.1) is 15.8 Å². The summed E-state index contributed by atoms with van der Waals surface area (Å²) in [4.78, 5) is 15.6. The molecule has 20 heavy (non-hydrogen) atoms. The maximum Gasteiger partial charge on any atom is 0.335 e. The van der Waals surface area contributed by atoms with Crippen LogP contribution in [0.2, 0.25) is 0 Å². The first kappa shape index (κ1) is 14.0. The van der Waals surface area contributed by atoms with Crippen LogP contribution in [0.3, 0.4) is 0 Å². The van der Waals surface area contributed by atoms with Crippen LogP contribution >= 0.6 is 49.9 Å². The summed E-state index contributed by atoms with van der Waals surface area (Å²) in [6.45, 7) is 0. The third-order valence-electron chi connectivity index (χ3n) is 2.79. The van der Waals surface area contributed by atoms with Gasteiger partial charge in [-0.05, 0) is 59.0 Å². The summed E-state index contributed by atoms with van der Waals surface area (Å²) < 4.78 is 2.99. The molecule has 6 heteroatoms. The molecule has 1 heterocycles. The number of hydrogen-bond donors (Lipinski definition) is 1. The van der Waals surface area contributed by atoms with Gasteiger partial charge in [-0.2, -0.15) is 0 Å². The molecule has 1 N–H and O–H groups in total. The number of thiazole rings is 1. The molecule has 0 bridgehead atoms. The Morgan fingerprint density at radius 3 is 2.80 bits per heavy atom. The summed E-state index contributed by atoms with van der Waals surface area (Å²) in [7, 11) is 0. The van der Waals surface area contributed by atoms with E-state index >= 15 is 0 Å². The molecule has 0 unspecified atom stereocenters. The van der Waals surface area contributed by atoms with Crippen molar-refractivity contribution >= 4 is 66.0 Å². The van der Waals surface area contributed by atoms with Gasteiger partial charge in [0.15, 0.2) is 0 Å². The normalized spacial score (nSPS) is 10.9. The summed E-state index contributed by atoms with van der Waals surface area (Å²) in [5.41, 5.74) is 2.13. The Bertz CT molecular complexity index is 831. The molecule has 0 amide bonds. The first-order valence-electron chi connectivity index (χ1n) is 5.64. The topological polar surface area (TPSA) is 50.2 Å². The first-order chi connectivity index (χ1) is 9.54. The molecule has 0 saturated carbocycles. The van der Waals surface area contributed by atoms with E-state index in [1.165, 1.54) is 11.3 Å². The maximum atomic E-state index is 11.0. The minimum absolute atomic E-state index is 0.286. The molecular weight excluding hydrogens is 453 g/mol. The molecule has 0 aliphatic carbocycles. The number of nitrogens with zero attached hydrogens (tertiary/aromatic N) is 1. The van der Waals surface area contributed by atoms with Crippen LogP contribution in [0.4, 0.5) is 0 Å². The molecule has 0 aliphatic rings. The van der Waals surface area contributed by atoms with Gasteiger partial charge in [-0.25, -0.2) is 9.78 Å². The third kappa shape index (κ3) is 2.59. The molecule has 100 valence electrons. The van der Waals surface area contributed by atoms with Gasteiger partial charge in [0.25, 0.3) is 0 Å². The summed E-state index contributed by atoms with van der Waals surface area (Å²) in [6, 6.07) is 11.1. The number of carbonyl (C=O) groups is 1. The van der Waals surface area contributed by atoms with E-state index in [0.29, 0.717) is 0 Å². The summed E-state index contributed by atoms with van der Waals surface area (Å²) >= 11 is 7.29. The molecular formula is C14H7BrINO2S. The number of aromatic carboxylic acids is 1. The van der Waals surface area contributed by atoms with E-state index in [-0.39, 0.29) is 5.56 Å². The van der Waals surface area contributed by atoms with Gasteiger partial charge in [0, 0.05) is 13.6 Å². The average Bonchev–Trinajstić information content (AvgIpc) is 2.83. The second-order valence-electron chi connectivity index (χ2n) is 4.13. The molecule has 0 spiro atoms. The van der Waals surface area contributed by atoms with Crippen molar-refractivity contribution in [1.29, 1.82) is 0 Å². The SMILES string of the molecule is O=C(O)c1ccc2nc(-c3cc(I)ccc3Br)sc2c1. The van der Waals surface area contributed by atoms with E-state index in [2.05, 4.69) is 49.6 Å². The number of aromatic nitrogens is 1. The van der Waals surface area contributed by atoms with Crippen molar-refractivity contribution in [2.24, 2.45) is 0 Å². The smallest absolute Gasteiger partial charge is 0.335 e. The molecule has 3 aromatic rings. The number of fused-ring (bicyclic) bond motifs is 1. The lowest BCUT2D eigenvalue weighted by atomic mass is 10.2. The Morgan fingerprint density at radius 2 is 2.05 bits per heavy atom. The van der Waals surface area contributed by atoms with Crippen LogP contribution in [0.15, 0.2) is 40.9 Å². The molecule has 0 atom stereocenters. The van der Waals surface area contributed by atoms with Gasteiger partial charge in [0.2, 0.25) is 0 Å². The Balaban J connectivity index is 2.17. The van der Waals surface area contributed by atoms with E-state index in [1.807, 2.05) is 12.1 Å². The van der Waals surface area contributed by atoms with Gasteiger partial charge >= 0.3 is 5.97 Å². The summed E-state index contributed by atoms with van der Waals surface area (Å²) in [6.07, 6.45) is 0. The van der Waals surface area contributed by atoms with Crippen molar-refractivity contribution in [2.45, 2.75) is 0 Å². The second-order valence-corrected chi connectivity index (χ2v) is 7.26. The highest BCUT2D eigenvalue weighted by molar-refractivity contribution is 14.1. The highest BCUT2D eigenvalue weighted by atomic mass is 127. The zero-order chi connectivity index (χ0) is 14.3. The molecule has 3 rings (SSSR count). The zero-order valence-electron chi connectivity index (χ0n) is 9.93. The van der Waals surface area contributed by atoms with Crippen LogP contribution in [0, 0.1) is 3.57 Å². The van der Waals surface area contributed by atoms with Gasteiger partial charge in [-0.1, -0.05) is 15.9 Å². The van der Waals surface area contributed by atoms with Crippen LogP contribution in [-0.4, -0.2) is 16.1 Å². The minimum Gasteiger partial charge on any atom is -0.478 e. The van der Waals surface area contributed by atoms with E-state index < -0.39 is 5.97 Å². The molecule has 0 aliphatic heterocycles. The lowest BCUT2D eigenvalue weighted by molar-refractivity contribution is 0.0697. The fraction of sp³-hybridized carbons (Fsp3) is 0. The van der Waals surface area contributed by atoms with Crippen LogP contribution in [0.25, 0.3) is 20.8 Å². The molecule has 3 nitrogen and oxygen atoms in total. The molecule has 0 saturated heterocycles. The lowest BCUT2D eigenvalue weighted by Gasteiger charge is -2.00. The van der Waals surface area contributed by atoms with E-state index in [1.54, 1.807) is 18.2 Å². The molecule has 0 radical (unpaired) electrons. The zero-order valence-corrected chi connectivity index (χ0v) is 14.5. The van der Waals surface area contributed by atoms with E-state index in [9.17, 15) is 4.79 Å². The van der Waals surface area contributed by atoms with Crippen molar-refractivity contribution in [3.8, 4) is 10.6 Å². The lowest BCUT2D eigenvalue weighted by Crippen LogP contribution is -1.94. The maximum absolute atomic E-state index is 11.0. The van der Waals surface area contributed by atoms with Crippen LogP contribution in [0.1, 0.15) is 10.4 Å². The predicted octanol–water partition coefficient (Wildman–Crippen LogP) is 5.03. The summed E-state index contributed by atoms with van der Waals surface area (Å²) in [5.74, 6) is -0.919. The van der Waals surface area contributed by atoms with Crippen molar-refractivity contribution < 1.29 is 9.90 Å². The van der Waals surface area contributed by atoms with Gasteiger partial charge < -0.3 is 5.11 Å². The highest BCUT2D eigenvalue weighted by Crippen LogP contribution is 2.35. The van der Waals surface area contributed by atoms with Crippen molar-refractivity contribution in [2.75, 3.05) is 0 Å². The van der Waals surface area contributed by atoms with Crippen LogP contribution < -0.4 is 0 Å². The van der Waals surface area contributed by atoms with E-state index in [4.69, 9.17) is 5.11 Å². The van der Waals surface area contributed by atoms with Crippen LogP contribution in [-0.2, 0) is 0 Å². The number of carboxylic acids is 1. The Morgan fingerprint density at radius 1 is 1.25 bits per heavy atom. The number of rotatable bonds is 2. The van der Waals surface area contributed by atoms with Crippen LogP contribution in [0.5, 0.6) is 0 Å². The Hall–Kier alpha value is -0.990. The van der Waals surface area contributed by atoms with Crippen molar-refractivity contribution in [3.63, 3.8) is 0 Å². The van der Waals surface area contributed by atoms with Crippen molar-refractivity contribution in [3.05, 3.63) is 50.0 Å². The monoisotopic (exact) mass is 459 g/mol. The second kappa shape index (κ2) is 5.42. The standard InChI is InChI=1S/C14H7BrINO2S/c15-10-3-2-8(16)6-9(10)13-17-11-4-1-7(14(18)19)5-12(11)20-13/h1-6H,(H,18,19). The Labute approximate surface area is 140 Å². The predicted molar refractivity (Wildman–Crippen MR) is 92.4 cm³/mol. The molecule has 0 fully saturated rings. The molecule has 1 aromatic heterocycles. The quantitative estimate of drug-likeness (QED) is 0.547. The third-order valence-corrected chi connectivity index (χ3v) is 5.21. The minimum atomic E-state index is -0.919. The summed E-state index contributed by atoms with van der Waals surface area (Å²) in [5, 5.41) is 9.91. The number of benzene rings is 2. The number of halogens is 2. The largest absolute Gasteiger partial charge is 0.478 e. The number of hydrogen-bond acceptors (Lipinski definition) is 3. The number of carboxylic acid groups (broad SMARTS) is 1. The Kier molecular flexibility index (Phi) is 3.78. The molecule has 2 aromatic carbocycles. The highest BCUT2D eigenvalue weighted by Gasteiger charge is 2.12. The first-order valence-corrected chi connectivity index (χ1v) is 8.33. The van der Waals surface area contributed by atoms with Gasteiger partial charge in [-0.15, -0.1) is 11.3 Å². The fourth-order valence-corrected chi connectivity index (χ4v) is 3.93.